The molecule has 2 aromatic rings. The zero-order valence-corrected chi connectivity index (χ0v) is 19.3. The van der Waals surface area contributed by atoms with Crippen molar-refractivity contribution in [2.75, 3.05) is 19.4 Å². The van der Waals surface area contributed by atoms with Crippen molar-refractivity contribution < 1.29 is 9.53 Å². The third kappa shape index (κ3) is 5.56. The van der Waals surface area contributed by atoms with E-state index in [1.807, 2.05) is 24.3 Å². The first-order valence-electron chi connectivity index (χ1n) is 11.2. The fraction of sp³-hybridized carbons (Fsp3) is 0.609. The van der Waals surface area contributed by atoms with Crippen molar-refractivity contribution in [3.05, 3.63) is 24.3 Å². The van der Waals surface area contributed by atoms with Crippen LogP contribution in [0.5, 0.6) is 5.75 Å². The summed E-state index contributed by atoms with van der Waals surface area (Å²) >= 11 is 1.51. The second-order valence-electron chi connectivity index (χ2n) is 7.80. The first-order chi connectivity index (χ1) is 14.7. The standard InChI is InChI=1S/C23H34N4O2S/c1-4-6-16-27-22(18-12-14-20(29-3)15-13-18)24-25-23(27)30-17-21(28)26(5-2)19-10-8-7-9-11-19/h12-15,19H,4-11,16-17H2,1-3H3. The SMILES string of the molecule is CCCCn1c(SCC(=O)N(CC)C2CCCCC2)nnc1-c1ccc(OC)cc1. The summed E-state index contributed by atoms with van der Waals surface area (Å²) in [5.74, 6) is 2.30. The van der Waals surface area contributed by atoms with Gasteiger partial charge in [-0.2, -0.15) is 0 Å². The van der Waals surface area contributed by atoms with Crippen LogP contribution in [0.1, 0.15) is 58.8 Å². The molecule has 3 rings (SSSR count). The highest BCUT2D eigenvalue weighted by Gasteiger charge is 2.25. The summed E-state index contributed by atoms with van der Waals surface area (Å²) in [4.78, 5) is 15.0. The highest BCUT2D eigenvalue weighted by Crippen LogP contribution is 2.28. The van der Waals surface area contributed by atoms with E-state index in [-0.39, 0.29) is 5.91 Å². The van der Waals surface area contributed by atoms with E-state index in [0.717, 1.165) is 61.1 Å². The van der Waals surface area contributed by atoms with Crippen molar-refractivity contribution in [2.24, 2.45) is 0 Å². The van der Waals surface area contributed by atoms with Crippen LogP contribution < -0.4 is 4.74 Å². The van der Waals surface area contributed by atoms with Crippen molar-refractivity contribution in [3.63, 3.8) is 0 Å². The van der Waals surface area contributed by atoms with Crippen molar-refractivity contribution in [2.45, 2.75) is 76.5 Å². The molecule has 1 aliphatic rings. The topological polar surface area (TPSA) is 60.2 Å². The van der Waals surface area contributed by atoms with Gasteiger partial charge in [0.05, 0.1) is 12.9 Å². The van der Waals surface area contributed by atoms with Crippen LogP contribution in [0, 0.1) is 0 Å². The quantitative estimate of drug-likeness (QED) is 0.495. The fourth-order valence-electron chi connectivity index (χ4n) is 4.11. The molecule has 0 aliphatic heterocycles. The molecule has 30 heavy (non-hydrogen) atoms. The van der Waals surface area contributed by atoms with E-state index >= 15 is 0 Å². The van der Waals surface area contributed by atoms with E-state index in [4.69, 9.17) is 4.74 Å². The van der Waals surface area contributed by atoms with Crippen molar-refractivity contribution in [1.29, 1.82) is 0 Å². The maximum absolute atomic E-state index is 13.0. The van der Waals surface area contributed by atoms with E-state index < -0.39 is 0 Å². The maximum Gasteiger partial charge on any atom is 0.233 e. The van der Waals surface area contributed by atoms with Crippen LogP contribution in [0.3, 0.4) is 0 Å². The molecule has 0 atom stereocenters. The molecule has 0 saturated heterocycles. The first-order valence-corrected chi connectivity index (χ1v) is 12.2. The maximum atomic E-state index is 13.0. The van der Waals surface area contributed by atoms with Crippen molar-refractivity contribution >= 4 is 17.7 Å². The zero-order chi connectivity index (χ0) is 21.3. The van der Waals surface area contributed by atoms with Gasteiger partial charge < -0.3 is 14.2 Å². The second-order valence-corrected chi connectivity index (χ2v) is 8.74. The summed E-state index contributed by atoms with van der Waals surface area (Å²) in [6.07, 6.45) is 8.18. The summed E-state index contributed by atoms with van der Waals surface area (Å²) in [5.41, 5.74) is 1.01. The highest BCUT2D eigenvalue weighted by atomic mass is 32.2. The van der Waals surface area contributed by atoms with Crippen LogP contribution in [-0.4, -0.2) is 51.0 Å². The molecule has 6 nitrogen and oxygen atoms in total. The molecule has 1 heterocycles. The highest BCUT2D eigenvalue weighted by molar-refractivity contribution is 7.99. The molecular weight excluding hydrogens is 396 g/mol. The predicted octanol–water partition coefficient (Wildman–Crippen LogP) is 5.03. The normalized spacial score (nSPS) is 14.6. The Kier molecular flexibility index (Phi) is 8.61. The van der Waals surface area contributed by atoms with Gasteiger partial charge in [0, 0.05) is 24.7 Å². The van der Waals surface area contributed by atoms with Crippen LogP contribution >= 0.6 is 11.8 Å². The number of hydrogen-bond donors (Lipinski definition) is 0. The molecule has 1 aromatic carbocycles. The average molecular weight is 431 g/mol. The summed E-state index contributed by atoms with van der Waals surface area (Å²) in [7, 11) is 1.66. The van der Waals surface area contributed by atoms with E-state index in [9.17, 15) is 4.79 Å². The van der Waals surface area contributed by atoms with Gasteiger partial charge in [-0.15, -0.1) is 10.2 Å². The summed E-state index contributed by atoms with van der Waals surface area (Å²) in [6.45, 7) is 5.89. The first kappa shape index (κ1) is 22.7. The molecule has 1 fully saturated rings. The lowest BCUT2D eigenvalue weighted by molar-refractivity contribution is -0.131. The minimum atomic E-state index is 0.213. The fourth-order valence-corrected chi connectivity index (χ4v) is 4.96. The molecule has 1 aliphatic carbocycles. The lowest BCUT2D eigenvalue weighted by atomic mass is 9.94. The molecule has 0 N–H and O–H groups in total. The Hall–Kier alpha value is -2.02. The average Bonchev–Trinajstić information content (AvgIpc) is 3.20. The van der Waals surface area contributed by atoms with Gasteiger partial charge in [-0.3, -0.25) is 4.79 Å². The summed E-state index contributed by atoms with van der Waals surface area (Å²) < 4.78 is 7.42. The van der Waals surface area contributed by atoms with Crippen molar-refractivity contribution in [3.8, 4) is 17.1 Å². The molecular formula is C23H34N4O2S. The van der Waals surface area contributed by atoms with E-state index in [0.29, 0.717) is 11.8 Å². The number of thioether (sulfide) groups is 1. The number of aromatic nitrogens is 3. The van der Waals surface area contributed by atoms with Crippen LogP contribution in [0.15, 0.2) is 29.4 Å². The molecule has 0 bridgehead atoms. The Morgan fingerprint density at radius 3 is 2.53 bits per heavy atom. The van der Waals surface area contributed by atoms with E-state index in [2.05, 4.69) is 33.5 Å². The Labute approximate surface area is 184 Å². The molecule has 1 amide bonds. The van der Waals surface area contributed by atoms with Crippen molar-refractivity contribution in [1.82, 2.24) is 19.7 Å². The lowest BCUT2D eigenvalue weighted by Gasteiger charge is -2.33. The van der Waals surface area contributed by atoms with Crippen LogP contribution in [0.2, 0.25) is 0 Å². The number of hydrogen-bond acceptors (Lipinski definition) is 5. The third-order valence-electron chi connectivity index (χ3n) is 5.80. The van der Waals surface area contributed by atoms with Gasteiger partial charge >= 0.3 is 0 Å². The molecule has 0 unspecified atom stereocenters. The monoisotopic (exact) mass is 430 g/mol. The molecule has 1 aromatic heterocycles. The summed E-state index contributed by atoms with van der Waals surface area (Å²) in [6, 6.07) is 8.30. The molecule has 7 heteroatoms. The molecule has 164 valence electrons. The summed E-state index contributed by atoms with van der Waals surface area (Å²) in [5, 5.41) is 9.71. The number of benzene rings is 1. The number of amides is 1. The third-order valence-corrected chi connectivity index (χ3v) is 6.75. The molecule has 0 radical (unpaired) electrons. The number of rotatable bonds is 10. The van der Waals surface area contributed by atoms with Gasteiger partial charge in [0.2, 0.25) is 5.91 Å². The number of carbonyl (C=O) groups is 1. The number of methoxy groups -OCH3 is 1. The van der Waals surface area contributed by atoms with Gasteiger partial charge in [-0.05, 0) is 50.5 Å². The minimum absolute atomic E-state index is 0.213. The van der Waals surface area contributed by atoms with E-state index in [1.165, 1.54) is 31.0 Å². The number of carbonyl (C=O) groups excluding carboxylic acids is 1. The number of unbranched alkanes of at least 4 members (excludes halogenated alkanes) is 1. The largest absolute Gasteiger partial charge is 0.497 e. The van der Waals surface area contributed by atoms with Crippen LogP contribution in [0.4, 0.5) is 0 Å². The lowest BCUT2D eigenvalue weighted by Crippen LogP contribution is -2.42. The Morgan fingerprint density at radius 2 is 1.90 bits per heavy atom. The van der Waals surface area contributed by atoms with Gasteiger partial charge in [0.15, 0.2) is 11.0 Å². The van der Waals surface area contributed by atoms with Crippen LogP contribution in [0.25, 0.3) is 11.4 Å². The Morgan fingerprint density at radius 1 is 1.17 bits per heavy atom. The molecule has 1 saturated carbocycles. The Balaban J connectivity index is 1.72. The number of nitrogens with zero attached hydrogens (tertiary/aromatic N) is 4. The predicted molar refractivity (Wildman–Crippen MR) is 122 cm³/mol. The second kappa shape index (κ2) is 11.4. The van der Waals surface area contributed by atoms with Gasteiger partial charge in [0.1, 0.15) is 5.75 Å². The zero-order valence-electron chi connectivity index (χ0n) is 18.5. The van der Waals surface area contributed by atoms with Gasteiger partial charge in [0.25, 0.3) is 0 Å². The van der Waals surface area contributed by atoms with E-state index in [1.54, 1.807) is 7.11 Å². The smallest absolute Gasteiger partial charge is 0.233 e. The Bertz CT molecular complexity index is 800. The van der Waals surface area contributed by atoms with Gasteiger partial charge in [-0.25, -0.2) is 0 Å². The molecule has 0 spiro atoms. The minimum Gasteiger partial charge on any atom is -0.497 e. The van der Waals surface area contributed by atoms with Crippen LogP contribution in [-0.2, 0) is 11.3 Å². The number of ether oxygens (including phenoxy) is 1. The van der Waals surface area contributed by atoms with Gasteiger partial charge in [-0.1, -0.05) is 44.4 Å².